The summed E-state index contributed by atoms with van der Waals surface area (Å²) in [6, 6.07) is 8.84. The lowest BCUT2D eigenvalue weighted by atomic mass is 10.2. The van der Waals surface area contributed by atoms with Gasteiger partial charge in [0.05, 0.1) is 5.56 Å². The second-order valence-corrected chi connectivity index (χ2v) is 7.27. The summed E-state index contributed by atoms with van der Waals surface area (Å²) in [5, 5.41) is 15.1. The molecular formula is C20H20BrFN2O6. The topological polar surface area (TPSA) is 106 Å². The molecule has 0 saturated heterocycles. The number of aliphatic hydroxyl groups is 1. The third-order valence-corrected chi connectivity index (χ3v) is 4.82. The lowest BCUT2D eigenvalue weighted by Gasteiger charge is -2.14. The molecule has 2 amide bonds. The van der Waals surface area contributed by atoms with Gasteiger partial charge in [0.15, 0.2) is 11.5 Å². The Morgan fingerprint density at radius 1 is 1.17 bits per heavy atom. The summed E-state index contributed by atoms with van der Waals surface area (Å²) in [6.07, 6.45) is -0.911. The third kappa shape index (κ3) is 6.07. The van der Waals surface area contributed by atoms with Crippen LogP contribution in [0.2, 0.25) is 0 Å². The molecule has 3 N–H and O–H groups in total. The number of aliphatic hydroxyl groups excluding tert-OH is 1. The van der Waals surface area contributed by atoms with Gasteiger partial charge in [-0.3, -0.25) is 9.59 Å². The molecule has 8 nitrogen and oxygen atoms in total. The first kappa shape index (κ1) is 21.8. The molecule has 0 radical (unpaired) electrons. The van der Waals surface area contributed by atoms with Crippen molar-refractivity contribution in [2.24, 2.45) is 0 Å². The molecule has 160 valence electrons. The van der Waals surface area contributed by atoms with Crippen LogP contribution in [0.25, 0.3) is 0 Å². The van der Waals surface area contributed by atoms with Crippen molar-refractivity contribution in [3.8, 4) is 17.2 Å². The van der Waals surface area contributed by atoms with E-state index >= 15 is 0 Å². The van der Waals surface area contributed by atoms with Crippen LogP contribution in [-0.2, 0) is 4.79 Å². The first-order valence-electron chi connectivity index (χ1n) is 9.13. The average Bonchev–Trinajstić information content (AvgIpc) is 3.20. The smallest absolute Gasteiger partial charge is 0.252 e. The van der Waals surface area contributed by atoms with Gasteiger partial charge in [0, 0.05) is 30.0 Å². The van der Waals surface area contributed by atoms with E-state index in [2.05, 4.69) is 26.6 Å². The molecule has 0 saturated carbocycles. The van der Waals surface area contributed by atoms with Crippen LogP contribution >= 0.6 is 15.9 Å². The fraction of sp³-hybridized carbons (Fsp3) is 0.300. The molecule has 0 spiro atoms. The minimum atomic E-state index is -0.919. The van der Waals surface area contributed by atoms with E-state index in [1.54, 1.807) is 18.2 Å². The number of amides is 2. The number of rotatable bonds is 9. The highest BCUT2D eigenvalue weighted by atomic mass is 79.9. The van der Waals surface area contributed by atoms with E-state index < -0.39 is 17.8 Å². The van der Waals surface area contributed by atoms with Crippen LogP contribution < -0.4 is 24.8 Å². The first-order chi connectivity index (χ1) is 14.4. The second kappa shape index (κ2) is 10.3. The fourth-order valence-electron chi connectivity index (χ4n) is 2.59. The molecule has 1 aliphatic heterocycles. The zero-order chi connectivity index (χ0) is 21.5. The molecule has 1 aliphatic rings. The number of nitrogens with one attached hydrogen (secondary N) is 2. The Kier molecular flexibility index (Phi) is 7.47. The van der Waals surface area contributed by atoms with Gasteiger partial charge in [-0.05, 0) is 46.3 Å². The minimum absolute atomic E-state index is 0.00717. The Morgan fingerprint density at radius 3 is 2.80 bits per heavy atom. The number of benzene rings is 2. The van der Waals surface area contributed by atoms with E-state index in [1.165, 1.54) is 12.1 Å². The Bertz CT molecular complexity index is 926. The van der Waals surface area contributed by atoms with E-state index in [4.69, 9.17) is 14.2 Å². The van der Waals surface area contributed by atoms with Gasteiger partial charge < -0.3 is 30.0 Å². The SMILES string of the molecule is O=C(CCNC(=O)c1cc(F)ccc1Br)NCC(O)COc1ccc2c(c1)OCO2. The number of ether oxygens (including phenoxy) is 3. The van der Waals surface area contributed by atoms with Gasteiger partial charge in [0.1, 0.15) is 24.3 Å². The zero-order valence-electron chi connectivity index (χ0n) is 15.8. The van der Waals surface area contributed by atoms with Gasteiger partial charge in [0.2, 0.25) is 12.7 Å². The summed E-state index contributed by atoms with van der Waals surface area (Å²) in [7, 11) is 0. The average molecular weight is 483 g/mol. The van der Waals surface area contributed by atoms with Crippen molar-refractivity contribution in [3.63, 3.8) is 0 Å². The van der Waals surface area contributed by atoms with E-state index in [1.807, 2.05) is 0 Å². The maximum atomic E-state index is 13.3. The molecular weight excluding hydrogens is 463 g/mol. The van der Waals surface area contributed by atoms with Crippen molar-refractivity contribution in [2.75, 3.05) is 26.5 Å². The number of carbonyl (C=O) groups excluding carboxylic acids is 2. The molecule has 0 aliphatic carbocycles. The summed E-state index contributed by atoms with van der Waals surface area (Å²) < 4.78 is 29.6. The number of hydrogen-bond donors (Lipinski definition) is 3. The van der Waals surface area contributed by atoms with Crippen LogP contribution in [0.1, 0.15) is 16.8 Å². The van der Waals surface area contributed by atoms with Crippen molar-refractivity contribution in [1.29, 1.82) is 0 Å². The third-order valence-electron chi connectivity index (χ3n) is 4.13. The lowest BCUT2D eigenvalue weighted by Crippen LogP contribution is -2.37. The minimum Gasteiger partial charge on any atom is -0.491 e. The number of carbonyl (C=O) groups is 2. The molecule has 2 aromatic carbocycles. The molecule has 1 heterocycles. The monoisotopic (exact) mass is 482 g/mol. The quantitative estimate of drug-likeness (QED) is 0.504. The Hall–Kier alpha value is -2.85. The van der Waals surface area contributed by atoms with Crippen LogP contribution in [-0.4, -0.2) is 49.5 Å². The molecule has 1 atom stereocenters. The summed E-state index contributed by atoms with van der Waals surface area (Å²) >= 11 is 3.18. The van der Waals surface area contributed by atoms with E-state index in [9.17, 15) is 19.1 Å². The molecule has 2 aromatic rings. The van der Waals surface area contributed by atoms with Crippen molar-refractivity contribution < 1.29 is 33.3 Å². The van der Waals surface area contributed by atoms with Crippen LogP contribution in [0.15, 0.2) is 40.9 Å². The van der Waals surface area contributed by atoms with Crippen molar-refractivity contribution in [1.82, 2.24) is 10.6 Å². The molecule has 1 unspecified atom stereocenters. The predicted molar refractivity (Wildman–Crippen MR) is 108 cm³/mol. The van der Waals surface area contributed by atoms with Crippen molar-refractivity contribution >= 4 is 27.7 Å². The highest BCUT2D eigenvalue weighted by Crippen LogP contribution is 2.35. The van der Waals surface area contributed by atoms with Crippen LogP contribution in [0, 0.1) is 5.82 Å². The Labute approximate surface area is 180 Å². The number of fused-ring (bicyclic) bond motifs is 1. The largest absolute Gasteiger partial charge is 0.491 e. The predicted octanol–water partition coefficient (Wildman–Crippen LogP) is 1.99. The van der Waals surface area contributed by atoms with Crippen LogP contribution in [0.5, 0.6) is 17.2 Å². The summed E-state index contributed by atoms with van der Waals surface area (Å²) in [5.74, 6) is 0.339. The van der Waals surface area contributed by atoms with E-state index in [-0.39, 0.29) is 44.4 Å². The van der Waals surface area contributed by atoms with Gasteiger partial charge in [-0.25, -0.2) is 4.39 Å². The number of hydrogen-bond acceptors (Lipinski definition) is 6. The van der Waals surface area contributed by atoms with E-state index in [0.29, 0.717) is 21.7 Å². The molecule has 10 heteroatoms. The normalized spacial score (nSPS) is 12.9. The van der Waals surface area contributed by atoms with Gasteiger partial charge in [-0.2, -0.15) is 0 Å². The highest BCUT2D eigenvalue weighted by molar-refractivity contribution is 9.10. The first-order valence-corrected chi connectivity index (χ1v) is 9.92. The van der Waals surface area contributed by atoms with Gasteiger partial charge in [-0.15, -0.1) is 0 Å². The Morgan fingerprint density at radius 2 is 1.97 bits per heavy atom. The summed E-state index contributed by atoms with van der Waals surface area (Å²) in [5.41, 5.74) is 0.145. The molecule has 0 aromatic heterocycles. The van der Waals surface area contributed by atoms with Gasteiger partial charge >= 0.3 is 0 Å². The van der Waals surface area contributed by atoms with Gasteiger partial charge in [0.25, 0.3) is 5.91 Å². The summed E-state index contributed by atoms with van der Waals surface area (Å²) in [4.78, 5) is 23.9. The van der Waals surface area contributed by atoms with Crippen molar-refractivity contribution in [2.45, 2.75) is 12.5 Å². The maximum absolute atomic E-state index is 13.3. The fourth-order valence-corrected chi connectivity index (χ4v) is 3.02. The second-order valence-electron chi connectivity index (χ2n) is 6.41. The van der Waals surface area contributed by atoms with Crippen LogP contribution in [0.3, 0.4) is 0 Å². The molecule has 0 fully saturated rings. The van der Waals surface area contributed by atoms with Crippen LogP contribution in [0.4, 0.5) is 4.39 Å². The molecule has 3 rings (SSSR count). The maximum Gasteiger partial charge on any atom is 0.252 e. The molecule has 30 heavy (non-hydrogen) atoms. The van der Waals surface area contributed by atoms with E-state index in [0.717, 1.165) is 6.07 Å². The lowest BCUT2D eigenvalue weighted by molar-refractivity contribution is -0.121. The van der Waals surface area contributed by atoms with Crippen molar-refractivity contribution in [3.05, 3.63) is 52.3 Å². The van der Waals surface area contributed by atoms with Gasteiger partial charge in [-0.1, -0.05) is 0 Å². The standard InChI is InChI=1S/C20H20BrFN2O6/c21-16-3-1-12(22)7-15(16)20(27)23-6-5-19(26)24-9-13(25)10-28-14-2-4-17-18(8-14)30-11-29-17/h1-4,7-8,13,25H,5-6,9-11H2,(H,23,27)(H,24,26). The Balaban J connectivity index is 1.33. The highest BCUT2D eigenvalue weighted by Gasteiger charge is 2.15. The zero-order valence-corrected chi connectivity index (χ0v) is 17.4. The summed E-state index contributed by atoms with van der Waals surface area (Å²) in [6.45, 7) is 0.196. The molecule has 0 bridgehead atoms. The number of halogens is 2.